The smallest absolute Gasteiger partial charge is 0.316 e. The molecule has 3 aromatic carbocycles. The third kappa shape index (κ3) is 6.58. The van der Waals surface area contributed by atoms with Crippen molar-refractivity contribution in [2.45, 2.75) is 34.1 Å². The SMILES string of the molecule is CC/C(=C(/c1ccc(OCCNC)cc1)c1ccc(OC(=O)C(C)(C)C)cc1)c1ccccc1. The van der Waals surface area contributed by atoms with Crippen molar-refractivity contribution in [3.8, 4) is 11.5 Å². The highest BCUT2D eigenvalue weighted by molar-refractivity contribution is 5.98. The average Bonchev–Trinajstić information content (AvgIpc) is 2.84. The lowest BCUT2D eigenvalue weighted by molar-refractivity contribution is -0.142. The predicted molar refractivity (Wildman–Crippen MR) is 140 cm³/mol. The number of likely N-dealkylation sites (N-methyl/N-ethyl adjacent to an activating group) is 1. The van der Waals surface area contributed by atoms with Gasteiger partial charge in [0, 0.05) is 6.54 Å². The Morgan fingerprint density at radius 1 is 0.794 bits per heavy atom. The van der Waals surface area contributed by atoms with Gasteiger partial charge in [-0.3, -0.25) is 4.79 Å². The van der Waals surface area contributed by atoms with Crippen LogP contribution in [0.5, 0.6) is 11.5 Å². The Morgan fingerprint density at radius 2 is 1.35 bits per heavy atom. The summed E-state index contributed by atoms with van der Waals surface area (Å²) < 4.78 is 11.4. The molecule has 0 heterocycles. The van der Waals surface area contributed by atoms with Crippen LogP contribution in [0.1, 0.15) is 50.8 Å². The minimum absolute atomic E-state index is 0.247. The van der Waals surface area contributed by atoms with Crippen molar-refractivity contribution < 1.29 is 14.3 Å². The fourth-order valence-electron chi connectivity index (χ4n) is 3.62. The summed E-state index contributed by atoms with van der Waals surface area (Å²) in [6, 6.07) is 26.5. The van der Waals surface area contributed by atoms with Gasteiger partial charge in [0.1, 0.15) is 18.1 Å². The van der Waals surface area contributed by atoms with E-state index in [-0.39, 0.29) is 5.97 Å². The van der Waals surface area contributed by atoms with Crippen LogP contribution in [0.2, 0.25) is 0 Å². The highest BCUT2D eigenvalue weighted by atomic mass is 16.5. The maximum atomic E-state index is 12.3. The van der Waals surface area contributed by atoms with Gasteiger partial charge in [-0.2, -0.15) is 0 Å². The number of nitrogens with one attached hydrogen (secondary N) is 1. The molecule has 34 heavy (non-hydrogen) atoms. The Kier molecular flexibility index (Phi) is 8.67. The Balaban J connectivity index is 2.01. The number of allylic oxidation sites excluding steroid dienone is 1. The highest BCUT2D eigenvalue weighted by Gasteiger charge is 2.23. The molecule has 0 bridgehead atoms. The standard InChI is InChI=1S/C30H35NO3/c1-6-27(22-10-8-7-9-11-22)28(23-12-16-25(17-13-23)33-21-20-31-5)24-14-18-26(19-15-24)34-29(32)30(2,3)4/h7-19,31H,6,20-21H2,1-5H3/b28-27+. The van der Waals surface area contributed by atoms with Crippen molar-refractivity contribution in [1.82, 2.24) is 5.32 Å². The van der Waals surface area contributed by atoms with E-state index in [1.54, 1.807) is 0 Å². The molecule has 0 amide bonds. The topological polar surface area (TPSA) is 47.6 Å². The monoisotopic (exact) mass is 457 g/mol. The second-order valence-corrected chi connectivity index (χ2v) is 9.21. The summed E-state index contributed by atoms with van der Waals surface area (Å²) in [5.74, 6) is 1.15. The molecule has 0 spiro atoms. The molecule has 3 aromatic rings. The summed E-state index contributed by atoms with van der Waals surface area (Å²) in [6.45, 7) is 9.15. The minimum Gasteiger partial charge on any atom is -0.492 e. The van der Waals surface area contributed by atoms with E-state index in [0.29, 0.717) is 12.4 Å². The fourth-order valence-corrected chi connectivity index (χ4v) is 3.62. The largest absolute Gasteiger partial charge is 0.492 e. The van der Waals surface area contributed by atoms with Crippen LogP contribution in [0, 0.1) is 5.41 Å². The molecule has 0 aromatic heterocycles. The zero-order valence-corrected chi connectivity index (χ0v) is 20.9. The lowest BCUT2D eigenvalue weighted by Gasteiger charge is -2.18. The van der Waals surface area contributed by atoms with Crippen LogP contribution in [0.25, 0.3) is 11.1 Å². The Morgan fingerprint density at radius 3 is 1.85 bits per heavy atom. The van der Waals surface area contributed by atoms with Gasteiger partial charge in [-0.25, -0.2) is 0 Å². The molecule has 0 aliphatic carbocycles. The van der Waals surface area contributed by atoms with Crippen molar-refractivity contribution in [2.75, 3.05) is 20.2 Å². The van der Waals surface area contributed by atoms with Gasteiger partial charge in [0.05, 0.1) is 5.41 Å². The summed E-state index contributed by atoms with van der Waals surface area (Å²) in [4.78, 5) is 12.3. The van der Waals surface area contributed by atoms with Crippen LogP contribution in [-0.4, -0.2) is 26.2 Å². The molecule has 178 valence electrons. The third-order valence-corrected chi connectivity index (χ3v) is 5.51. The van der Waals surface area contributed by atoms with E-state index >= 15 is 0 Å². The zero-order valence-electron chi connectivity index (χ0n) is 20.9. The molecule has 0 aliphatic rings. The Bertz CT molecular complexity index is 1090. The number of ether oxygens (including phenoxy) is 2. The van der Waals surface area contributed by atoms with Crippen molar-refractivity contribution in [3.05, 3.63) is 95.6 Å². The van der Waals surface area contributed by atoms with Crippen LogP contribution in [0.3, 0.4) is 0 Å². The fraction of sp³-hybridized carbons (Fsp3) is 0.300. The summed E-state index contributed by atoms with van der Waals surface area (Å²) in [5, 5.41) is 3.09. The molecule has 4 nitrogen and oxygen atoms in total. The summed E-state index contributed by atoms with van der Waals surface area (Å²) in [5.41, 5.74) is 5.23. The van der Waals surface area contributed by atoms with Gasteiger partial charge in [-0.15, -0.1) is 0 Å². The van der Waals surface area contributed by atoms with E-state index in [1.165, 1.54) is 11.1 Å². The minimum atomic E-state index is -0.552. The van der Waals surface area contributed by atoms with Crippen LogP contribution in [-0.2, 0) is 4.79 Å². The first kappa shape index (κ1) is 25.3. The maximum absolute atomic E-state index is 12.3. The number of carbonyl (C=O) groups excluding carboxylic acids is 1. The first-order valence-corrected chi connectivity index (χ1v) is 11.8. The van der Waals surface area contributed by atoms with Gasteiger partial charge in [-0.05, 0) is 86.3 Å². The van der Waals surface area contributed by atoms with E-state index in [2.05, 4.69) is 48.6 Å². The van der Waals surface area contributed by atoms with Crippen LogP contribution in [0.4, 0.5) is 0 Å². The van der Waals surface area contributed by atoms with Gasteiger partial charge in [0.15, 0.2) is 0 Å². The molecule has 0 unspecified atom stereocenters. The summed E-state index contributed by atoms with van der Waals surface area (Å²) in [6.07, 6.45) is 0.876. The number of benzene rings is 3. The van der Waals surface area contributed by atoms with Crippen molar-refractivity contribution >= 4 is 17.1 Å². The normalized spacial score (nSPS) is 12.1. The Labute approximate surface area is 203 Å². The van der Waals surface area contributed by atoms with Crippen LogP contribution < -0.4 is 14.8 Å². The van der Waals surface area contributed by atoms with Gasteiger partial charge in [0.2, 0.25) is 0 Å². The quantitative estimate of drug-likeness (QED) is 0.170. The molecule has 1 N–H and O–H groups in total. The van der Waals surface area contributed by atoms with E-state index in [0.717, 1.165) is 35.4 Å². The van der Waals surface area contributed by atoms with E-state index in [4.69, 9.17) is 9.47 Å². The number of esters is 1. The van der Waals surface area contributed by atoms with Crippen molar-refractivity contribution in [1.29, 1.82) is 0 Å². The molecule has 0 saturated heterocycles. The molecular formula is C30H35NO3. The number of carbonyl (C=O) groups is 1. The lowest BCUT2D eigenvalue weighted by Crippen LogP contribution is -2.25. The van der Waals surface area contributed by atoms with Gasteiger partial charge in [-0.1, -0.05) is 61.5 Å². The molecule has 3 rings (SSSR count). The van der Waals surface area contributed by atoms with Gasteiger partial charge in [0.25, 0.3) is 0 Å². The zero-order chi connectivity index (χ0) is 24.6. The van der Waals surface area contributed by atoms with Crippen molar-refractivity contribution in [3.63, 3.8) is 0 Å². The first-order chi connectivity index (χ1) is 16.3. The third-order valence-electron chi connectivity index (χ3n) is 5.51. The maximum Gasteiger partial charge on any atom is 0.316 e. The highest BCUT2D eigenvalue weighted by Crippen LogP contribution is 2.35. The van der Waals surface area contributed by atoms with Gasteiger partial charge >= 0.3 is 5.97 Å². The van der Waals surface area contributed by atoms with E-state index in [1.807, 2.05) is 70.3 Å². The molecule has 0 radical (unpaired) electrons. The molecular weight excluding hydrogens is 422 g/mol. The number of hydrogen-bond acceptors (Lipinski definition) is 4. The molecule has 0 saturated carbocycles. The number of hydrogen-bond donors (Lipinski definition) is 1. The van der Waals surface area contributed by atoms with Crippen LogP contribution in [0.15, 0.2) is 78.9 Å². The van der Waals surface area contributed by atoms with E-state index < -0.39 is 5.41 Å². The molecule has 4 heteroatoms. The van der Waals surface area contributed by atoms with Crippen LogP contribution >= 0.6 is 0 Å². The van der Waals surface area contributed by atoms with Crippen molar-refractivity contribution in [2.24, 2.45) is 5.41 Å². The summed E-state index contributed by atoms with van der Waals surface area (Å²) in [7, 11) is 1.91. The predicted octanol–water partition coefficient (Wildman–Crippen LogP) is 6.61. The van der Waals surface area contributed by atoms with Gasteiger partial charge < -0.3 is 14.8 Å². The molecule has 0 aliphatic heterocycles. The lowest BCUT2D eigenvalue weighted by atomic mass is 9.88. The number of rotatable bonds is 9. The first-order valence-electron chi connectivity index (χ1n) is 11.8. The summed E-state index contributed by atoms with van der Waals surface area (Å²) >= 11 is 0. The van der Waals surface area contributed by atoms with E-state index in [9.17, 15) is 4.79 Å². The second kappa shape index (κ2) is 11.7. The second-order valence-electron chi connectivity index (χ2n) is 9.21. The average molecular weight is 458 g/mol. The Hall–Kier alpha value is -3.37. The molecule has 0 fully saturated rings. The molecule has 0 atom stereocenters.